The van der Waals surface area contributed by atoms with Gasteiger partial charge in [0.15, 0.2) is 5.82 Å². The summed E-state index contributed by atoms with van der Waals surface area (Å²) in [5.41, 5.74) is 15.8. The van der Waals surface area contributed by atoms with Crippen molar-refractivity contribution in [2.75, 3.05) is 30.3 Å². The van der Waals surface area contributed by atoms with Crippen LogP contribution in [0.4, 0.5) is 11.6 Å². The zero-order valence-electron chi connectivity index (χ0n) is 19.4. The molecule has 2 aromatic heterocycles. The predicted octanol–water partition coefficient (Wildman–Crippen LogP) is 3.37. The molecule has 2 aliphatic rings. The molecule has 2 aromatic carbocycles. The molecule has 3 atom stereocenters. The van der Waals surface area contributed by atoms with E-state index in [1.165, 1.54) is 5.56 Å². The quantitative estimate of drug-likeness (QED) is 0.372. The Bertz CT molecular complexity index is 1450. The normalized spacial score (nSPS) is 23.3. The van der Waals surface area contributed by atoms with Gasteiger partial charge < -0.3 is 16.4 Å². The van der Waals surface area contributed by atoms with Crippen molar-refractivity contribution >= 4 is 39.9 Å². The second-order valence-corrected chi connectivity index (χ2v) is 9.94. The smallest absolute Gasteiger partial charge is 0.154 e. The topological polar surface area (TPSA) is 123 Å². The molecule has 5 N–H and O–H groups in total. The number of fused-ring (bicyclic) bond motifs is 2. The summed E-state index contributed by atoms with van der Waals surface area (Å²) in [6.07, 6.45) is 4.60. The minimum Gasteiger partial charge on any atom is -0.382 e. The highest BCUT2D eigenvalue weighted by Gasteiger charge is 2.65. The molecule has 178 valence electrons. The van der Waals surface area contributed by atoms with Gasteiger partial charge in [-0.15, -0.1) is 0 Å². The second-order valence-electron chi connectivity index (χ2n) is 9.56. The molecular weight excluding hydrogens is 460 g/mol. The van der Waals surface area contributed by atoms with Crippen LogP contribution in [0.1, 0.15) is 23.2 Å². The highest BCUT2D eigenvalue weighted by atomic mass is 35.5. The van der Waals surface area contributed by atoms with Gasteiger partial charge in [-0.2, -0.15) is 5.10 Å². The van der Waals surface area contributed by atoms with Crippen LogP contribution in [0.2, 0.25) is 5.02 Å². The van der Waals surface area contributed by atoms with Crippen LogP contribution in [-0.2, 0) is 12.5 Å². The number of aryl methyl sites for hydroxylation is 1. The van der Waals surface area contributed by atoms with Crippen LogP contribution < -0.4 is 16.4 Å². The maximum Gasteiger partial charge on any atom is 0.154 e. The molecule has 6 rings (SSSR count). The maximum absolute atomic E-state index is 8.74. The first-order valence-corrected chi connectivity index (χ1v) is 12.2. The van der Waals surface area contributed by atoms with Gasteiger partial charge in [-0.25, -0.2) is 9.97 Å². The van der Waals surface area contributed by atoms with Crippen molar-refractivity contribution in [2.24, 2.45) is 24.6 Å². The summed E-state index contributed by atoms with van der Waals surface area (Å²) in [6.45, 7) is 2.39. The summed E-state index contributed by atoms with van der Waals surface area (Å²) in [6, 6.07) is 14.2. The Morgan fingerprint density at radius 1 is 1.20 bits per heavy atom. The number of aromatic nitrogens is 4. The number of nitrogens with one attached hydrogen (secondary N) is 1. The van der Waals surface area contributed by atoms with Crippen LogP contribution in [0.5, 0.6) is 0 Å². The Hall–Kier alpha value is -3.49. The van der Waals surface area contributed by atoms with Gasteiger partial charge in [0.05, 0.1) is 22.4 Å². The summed E-state index contributed by atoms with van der Waals surface area (Å²) in [4.78, 5) is 11.4. The average Bonchev–Trinajstić information content (AvgIpc) is 3.37. The number of piperidine rings is 1. The van der Waals surface area contributed by atoms with Crippen molar-refractivity contribution in [2.45, 2.75) is 11.8 Å². The number of halogens is 1. The standard InChI is InChI=1S/C26H27ClN8/c1-34-12-17-20(33-34)8-7-16(22(17)27)23(29)24-25(30)32-21(11-31-24)35-10-9-18-19(13-35)26(18,14-28)15-5-3-2-4-6-15/h2-8,11-12,18-19,29H,9-10,13-14,28H2,1H3,(H2,30,32). The number of nitrogens with zero attached hydrogens (tertiary/aromatic N) is 5. The van der Waals surface area contributed by atoms with Gasteiger partial charge in [0.25, 0.3) is 0 Å². The highest BCUT2D eigenvalue weighted by Crippen LogP contribution is 2.63. The zero-order chi connectivity index (χ0) is 24.3. The van der Waals surface area contributed by atoms with Crippen molar-refractivity contribution in [3.05, 3.63) is 76.7 Å². The molecule has 3 unspecified atom stereocenters. The van der Waals surface area contributed by atoms with Gasteiger partial charge in [0.1, 0.15) is 11.5 Å². The predicted molar refractivity (Wildman–Crippen MR) is 139 cm³/mol. The van der Waals surface area contributed by atoms with E-state index in [1.807, 2.05) is 25.4 Å². The largest absolute Gasteiger partial charge is 0.382 e. The van der Waals surface area contributed by atoms with Crippen molar-refractivity contribution in [3.63, 3.8) is 0 Å². The van der Waals surface area contributed by atoms with Crippen molar-refractivity contribution in [3.8, 4) is 0 Å². The van der Waals surface area contributed by atoms with Gasteiger partial charge in [-0.1, -0.05) is 41.9 Å². The van der Waals surface area contributed by atoms with E-state index in [1.54, 1.807) is 16.9 Å². The number of rotatable bonds is 5. The Kier molecular flexibility index (Phi) is 5.05. The Labute approximate surface area is 208 Å². The SMILES string of the molecule is Cn1cc2c(Cl)c(C(=N)c3ncc(N4CCC5C(C4)C5(CN)c4ccccc4)nc3N)ccc2n1. The molecule has 1 saturated heterocycles. The molecule has 35 heavy (non-hydrogen) atoms. The summed E-state index contributed by atoms with van der Waals surface area (Å²) >= 11 is 6.62. The molecule has 1 saturated carbocycles. The van der Waals surface area contributed by atoms with Gasteiger partial charge in [0.2, 0.25) is 0 Å². The van der Waals surface area contributed by atoms with Crippen LogP contribution in [0.15, 0.2) is 54.9 Å². The molecule has 0 bridgehead atoms. The average molecular weight is 487 g/mol. The number of anilines is 2. The lowest BCUT2D eigenvalue weighted by atomic mass is 9.91. The van der Waals surface area contributed by atoms with Crippen LogP contribution >= 0.6 is 11.6 Å². The third kappa shape index (κ3) is 3.31. The molecule has 0 amide bonds. The van der Waals surface area contributed by atoms with E-state index < -0.39 is 0 Å². The van der Waals surface area contributed by atoms with E-state index in [0.29, 0.717) is 34.7 Å². The molecule has 1 aliphatic heterocycles. The van der Waals surface area contributed by atoms with Gasteiger partial charge in [-0.3, -0.25) is 10.1 Å². The number of hydrogen-bond acceptors (Lipinski definition) is 7. The fourth-order valence-electron chi connectivity index (χ4n) is 6.02. The lowest BCUT2D eigenvalue weighted by Gasteiger charge is -2.27. The first-order valence-electron chi connectivity index (χ1n) is 11.8. The molecular formula is C26H27ClN8. The first-order chi connectivity index (χ1) is 16.9. The van der Waals surface area contributed by atoms with Gasteiger partial charge >= 0.3 is 0 Å². The molecule has 8 nitrogen and oxygen atoms in total. The summed E-state index contributed by atoms with van der Waals surface area (Å²) in [7, 11) is 1.84. The van der Waals surface area contributed by atoms with E-state index in [2.05, 4.69) is 44.2 Å². The van der Waals surface area contributed by atoms with E-state index in [-0.39, 0.29) is 16.9 Å². The summed E-state index contributed by atoms with van der Waals surface area (Å²) < 4.78 is 1.70. The summed E-state index contributed by atoms with van der Waals surface area (Å²) in [5.74, 6) is 2.03. The fraction of sp³-hybridized carbons (Fsp3) is 0.308. The van der Waals surface area contributed by atoms with E-state index in [0.717, 1.165) is 36.2 Å². The zero-order valence-corrected chi connectivity index (χ0v) is 20.2. The molecule has 9 heteroatoms. The lowest BCUT2D eigenvalue weighted by molar-refractivity contribution is 0.545. The maximum atomic E-state index is 8.74. The second kappa shape index (κ2) is 8.03. The highest BCUT2D eigenvalue weighted by molar-refractivity contribution is 6.39. The number of hydrogen-bond donors (Lipinski definition) is 3. The van der Waals surface area contributed by atoms with Crippen molar-refractivity contribution in [1.29, 1.82) is 5.41 Å². The fourth-order valence-corrected chi connectivity index (χ4v) is 6.32. The van der Waals surface area contributed by atoms with Gasteiger partial charge in [0, 0.05) is 49.2 Å². The Morgan fingerprint density at radius 2 is 2.00 bits per heavy atom. The molecule has 3 heterocycles. The third-order valence-electron chi connectivity index (χ3n) is 7.83. The Morgan fingerprint density at radius 3 is 2.74 bits per heavy atom. The van der Waals surface area contributed by atoms with Crippen molar-refractivity contribution in [1.82, 2.24) is 19.7 Å². The molecule has 1 aliphatic carbocycles. The van der Waals surface area contributed by atoms with Gasteiger partial charge in [-0.05, 0) is 36.0 Å². The minimum absolute atomic E-state index is 0.0404. The molecule has 2 fully saturated rings. The number of benzene rings is 2. The monoisotopic (exact) mass is 486 g/mol. The third-order valence-corrected chi connectivity index (χ3v) is 8.24. The molecule has 0 spiro atoms. The van der Waals surface area contributed by atoms with Crippen LogP contribution in [0.3, 0.4) is 0 Å². The van der Waals surface area contributed by atoms with Crippen LogP contribution in [-0.4, -0.2) is 45.1 Å². The number of nitrogens with two attached hydrogens (primary N) is 2. The van der Waals surface area contributed by atoms with E-state index >= 15 is 0 Å². The molecule has 4 aromatic rings. The van der Waals surface area contributed by atoms with E-state index in [4.69, 9.17) is 28.5 Å². The summed E-state index contributed by atoms with van der Waals surface area (Å²) in [5, 5.41) is 14.4. The lowest BCUT2D eigenvalue weighted by Crippen LogP contribution is -2.33. The first kappa shape index (κ1) is 22.0. The van der Waals surface area contributed by atoms with Crippen molar-refractivity contribution < 1.29 is 0 Å². The Balaban J connectivity index is 1.25. The molecule has 0 radical (unpaired) electrons. The van der Waals surface area contributed by atoms with Crippen LogP contribution in [0, 0.1) is 17.2 Å². The number of nitrogen functional groups attached to an aromatic ring is 1. The van der Waals surface area contributed by atoms with E-state index in [9.17, 15) is 0 Å². The minimum atomic E-state index is 0.0404. The van der Waals surface area contributed by atoms with Crippen LogP contribution in [0.25, 0.3) is 10.9 Å².